The maximum absolute atomic E-state index is 13.1. The molecule has 0 bridgehead atoms. The topological polar surface area (TPSA) is 58.6 Å². The average Bonchev–Trinajstić information content (AvgIpc) is 3.61. The molecule has 1 saturated carbocycles. The number of amides is 2. The molecule has 5 nitrogen and oxygen atoms in total. The minimum absolute atomic E-state index is 0.00851. The van der Waals surface area contributed by atoms with Crippen LogP contribution in [-0.4, -0.2) is 36.4 Å². The largest absolute Gasteiger partial charge is 0.484 e. The Morgan fingerprint density at radius 3 is 2.55 bits per heavy atom. The highest BCUT2D eigenvalue weighted by Crippen LogP contribution is 2.41. The monoisotopic (exact) mass is 420 g/mol. The summed E-state index contributed by atoms with van der Waals surface area (Å²) in [7, 11) is 0. The van der Waals surface area contributed by atoms with E-state index >= 15 is 0 Å². The molecule has 2 aromatic carbocycles. The van der Waals surface area contributed by atoms with Gasteiger partial charge in [0, 0.05) is 19.0 Å². The van der Waals surface area contributed by atoms with Crippen LogP contribution in [0.5, 0.6) is 5.75 Å². The first-order valence-corrected chi connectivity index (χ1v) is 11.3. The molecule has 2 amide bonds. The second-order valence-electron chi connectivity index (χ2n) is 9.22. The van der Waals surface area contributed by atoms with Crippen LogP contribution in [0, 0.1) is 18.8 Å². The van der Waals surface area contributed by atoms with Crippen molar-refractivity contribution in [3.63, 3.8) is 0 Å². The Balaban J connectivity index is 1.59. The van der Waals surface area contributed by atoms with Crippen LogP contribution in [0.2, 0.25) is 0 Å². The Labute approximate surface area is 184 Å². The summed E-state index contributed by atoms with van der Waals surface area (Å²) in [6.07, 6.45) is 2.83. The molecule has 0 unspecified atom stereocenters. The van der Waals surface area contributed by atoms with Gasteiger partial charge < -0.3 is 15.0 Å². The minimum Gasteiger partial charge on any atom is -0.484 e. The molecule has 164 valence electrons. The third-order valence-electron chi connectivity index (χ3n) is 6.03. The molecule has 2 aliphatic rings. The first-order chi connectivity index (χ1) is 14.9. The van der Waals surface area contributed by atoms with Gasteiger partial charge in [0.2, 0.25) is 5.91 Å². The molecule has 0 saturated heterocycles. The fourth-order valence-electron chi connectivity index (χ4n) is 4.11. The molecule has 0 radical (unpaired) electrons. The lowest BCUT2D eigenvalue weighted by atomic mass is 9.87. The van der Waals surface area contributed by atoms with E-state index in [2.05, 4.69) is 56.4 Å². The highest BCUT2D eigenvalue weighted by molar-refractivity contribution is 5.82. The molecule has 1 aliphatic carbocycles. The Kier molecular flexibility index (Phi) is 6.30. The normalized spacial score (nSPS) is 17.9. The van der Waals surface area contributed by atoms with Crippen molar-refractivity contribution in [1.29, 1.82) is 0 Å². The van der Waals surface area contributed by atoms with E-state index in [1.54, 1.807) is 0 Å². The number of carbonyl (C=O) groups is 2. The molecular formula is C26H32N2O3. The Bertz CT molecular complexity index is 948. The zero-order valence-electron chi connectivity index (χ0n) is 18.7. The van der Waals surface area contributed by atoms with E-state index in [9.17, 15) is 9.59 Å². The first kappa shape index (κ1) is 21.4. The van der Waals surface area contributed by atoms with E-state index in [0.29, 0.717) is 18.2 Å². The predicted octanol–water partition coefficient (Wildman–Crippen LogP) is 4.03. The van der Waals surface area contributed by atoms with Gasteiger partial charge in [0.15, 0.2) is 6.61 Å². The number of nitrogens with zero attached hydrogens (tertiary/aromatic N) is 1. The Morgan fingerprint density at radius 1 is 1.13 bits per heavy atom. The van der Waals surface area contributed by atoms with Crippen LogP contribution < -0.4 is 10.1 Å². The average molecular weight is 421 g/mol. The van der Waals surface area contributed by atoms with Gasteiger partial charge in [0.25, 0.3) is 5.91 Å². The van der Waals surface area contributed by atoms with Crippen LogP contribution in [-0.2, 0) is 16.0 Å². The van der Waals surface area contributed by atoms with Crippen LogP contribution in [0.4, 0.5) is 0 Å². The molecule has 1 aliphatic heterocycles. The standard InChI is InChI=1S/C26H32N2O3/c1-17(2)15-27-24(29)16-31-22-11-10-19-12-13-28(26(30)21-8-9-21)25(23(19)14-22)20-6-4-18(3)5-7-20/h4-7,10-11,14,17,21,25H,8-9,12-13,15-16H2,1-3H3,(H,27,29)/t25-/m0/s1. The van der Waals surface area contributed by atoms with E-state index in [1.165, 1.54) is 11.1 Å². The van der Waals surface area contributed by atoms with Gasteiger partial charge in [-0.1, -0.05) is 49.7 Å². The van der Waals surface area contributed by atoms with Gasteiger partial charge in [0.1, 0.15) is 5.75 Å². The molecule has 2 aromatic rings. The molecule has 0 spiro atoms. The van der Waals surface area contributed by atoms with Crippen LogP contribution in [0.1, 0.15) is 55.0 Å². The maximum atomic E-state index is 13.1. The Hall–Kier alpha value is -2.82. The third kappa shape index (κ3) is 5.09. The summed E-state index contributed by atoms with van der Waals surface area (Å²) >= 11 is 0. The van der Waals surface area contributed by atoms with Gasteiger partial charge in [-0.05, 0) is 60.9 Å². The van der Waals surface area contributed by atoms with Crippen LogP contribution >= 0.6 is 0 Å². The number of rotatable bonds is 7. The van der Waals surface area contributed by atoms with Crippen molar-refractivity contribution in [1.82, 2.24) is 10.2 Å². The summed E-state index contributed by atoms with van der Waals surface area (Å²) in [5.41, 5.74) is 4.66. The lowest BCUT2D eigenvalue weighted by Gasteiger charge is -2.38. The zero-order chi connectivity index (χ0) is 22.0. The van der Waals surface area contributed by atoms with Crippen molar-refractivity contribution in [2.75, 3.05) is 19.7 Å². The first-order valence-electron chi connectivity index (χ1n) is 11.3. The predicted molar refractivity (Wildman–Crippen MR) is 121 cm³/mol. The van der Waals surface area contributed by atoms with Crippen molar-refractivity contribution in [3.8, 4) is 5.75 Å². The van der Waals surface area contributed by atoms with E-state index in [4.69, 9.17) is 4.74 Å². The summed E-state index contributed by atoms with van der Waals surface area (Å²) in [5, 5.41) is 2.88. The summed E-state index contributed by atoms with van der Waals surface area (Å²) in [4.78, 5) is 27.2. The highest BCUT2D eigenvalue weighted by Gasteiger charge is 2.39. The van der Waals surface area contributed by atoms with Gasteiger partial charge >= 0.3 is 0 Å². The van der Waals surface area contributed by atoms with E-state index in [0.717, 1.165) is 36.9 Å². The van der Waals surface area contributed by atoms with Gasteiger partial charge in [-0.2, -0.15) is 0 Å². The van der Waals surface area contributed by atoms with Crippen molar-refractivity contribution in [2.24, 2.45) is 11.8 Å². The summed E-state index contributed by atoms with van der Waals surface area (Å²) in [5.74, 6) is 1.38. The van der Waals surface area contributed by atoms with Crippen LogP contribution in [0.15, 0.2) is 42.5 Å². The SMILES string of the molecule is Cc1ccc([C@H]2c3cc(OCC(=O)NCC(C)C)ccc3CCN2C(=O)C2CC2)cc1. The molecule has 1 heterocycles. The number of hydrogen-bond acceptors (Lipinski definition) is 3. The number of aryl methyl sites for hydroxylation is 1. The fourth-order valence-corrected chi connectivity index (χ4v) is 4.11. The maximum Gasteiger partial charge on any atom is 0.257 e. The molecule has 31 heavy (non-hydrogen) atoms. The number of benzene rings is 2. The van der Waals surface area contributed by atoms with Crippen molar-refractivity contribution in [2.45, 2.75) is 46.1 Å². The molecular weight excluding hydrogens is 388 g/mol. The van der Waals surface area contributed by atoms with Gasteiger partial charge in [-0.15, -0.1) is 0 Å². The smallest absolute Gasteiger partial charge is 0.257 e. The minimum atomic E-state index is -0.118. The van der Waals surface area contributed by atoms with Gasteiger partial charge in [-0.3, -0.25) is 9.59 Å². The second-order valence-corrected chi connectivity index (χ2v) is 9.22. The third-order valence-corrected chi connectivity index (χ3v) is 6.03. The number of carbonyl (C=O) groups excluding carboxylic acids is 2. The van der Waals surface area contributed by atoms with Crippen molar-refractivity contribution in [3.05, 3.63) is 64.7 Å². The second kappa shape index (κ2) is 9.13. The summed E-state index contributed by atoms with van der Waals surface area (Å²) in [6, 6.07) is 14.4. The molecule has 1 fully saturated rings. The zero-order valence-corrected chi connectivity index (χ0v) is 18.7. The number of hydrogen-bond donors (Lipinski definition) is 1. The lowest BCUT2D eigenvalue weighted by molar-refractivity contribution is -0.134. The fraction of sp³-hybridized carbons (Fsp3) is 0.462. The molecule has 1 N–H and O–H groups in total. The molecule has 4 rings (SSSR count). The number of fused-ring (bicyclic) bond motifs is 1. The van der Waals surface area contributed by atoms with Gasteiger partial charge in [0.05, 0.1) is 6.04 Å². The van der Waals surface area contributed by atoms with Crippen molar-refractivity contribution < 1.29 is 14.3 Å². The summed E-state index contributed by atoms with van der Waals surface area (Å²) < 4.78 is 5.81. The summed E-state index contributed by atoms with van der Waals surface area (Å²) in [6.45, 7) is 7.56. The Morgan fingerprint density at radius 2 is 1.87 bits per heavy atom. The number of ether oxygens (including phenoxy) is 1. The van der Waals surface area contributed by atoms with E-state index in [1.807, 2.05) is 17.0 Å². The molecule has 5 heteroatoms. The molecule has 0 aromatic heterocycles. The van der Waals surface area contributed by atoms with Gasteiger partial charge in [-0.25, -0.2) is 0 Å². The number of nitrogens with one attached hydrogen (secondary N) is 1. The van der Waals surface area contributed by atoms with Crippen LogP contribution in [0.3, 0.4) is 0 Å². The lowest BCUT2D eigenvalue weighted by Crippen LogP contribution is -2.41. The highest BCUT2D eigenvalue weighted by atomic mass is 16.5. The van der Waals surface area contributed by atoms with E-state index < -0.39 is 0 Å². The quantitative estimate of drug-likeness (QED) is 0.736. The van der Waals surface area contributed by atoms with Crippen LogP contribution in [0.25, 0.3) is 0 Å². The van der Waals surface area contributed by atoms with E-state index in [-0.39, 0.29) is 30.4 Å². The molecule has 1 atom stereocenters. The van der Waals surface area contributed by atoms with Crippen molar-refractivity contribution >= 4 is 11.8 Å².